The standard InChI is InChI=1S/C69H111N5O4/c1-13-25-31-53(19-7)48-74(49-54(20-8)32-26-14-2)65-44-62(71-69(75)60(24-12)36-30-18-6)63(45-68(65)78-52-57(23-11)35-29-17-5)72-73-64-46-66(76-50-55(21-9)33-27-15-3)61(42-41-58-37-39-59(47-70)40-38-58)43-67(64)77-51-56(22-10)34-28-16-4/h37-46,53-57,60H,13-36,48-52H2,1-12H3,(H,71,75)/b42-41+,73-72+. The summed E-state index contributed by atoms with van der Waals surface area (Å²) in [7, 11) is 0. The van der Waals surface area contributed by atoms with Crippen LogP contribution in [-0.4, -0.2) is 38.8 Å². The number of unbranched alkanes of at least 4 members (excludes halogenated alkanes) is 6. The predicted octanol–water partition coefficient (Wildman–Crippen LogP) is 21.3. The van der Waals surface area contributed by atoms with Crippen molar-refractivity contribution in [3.8, 4) is 23.3 Å². The highest BCUT2D eigenvalue weighted by Gasteiger charge is 2.26. The normalized spacial score (nSPS) is 14.0. The highest BCUT2D eigenvalue weighted by Crippen LogP contribution is 2.44. The molecule has 0 radical (unpaired) electrons. The van der Waals surface area contributed by atoms with Gasteiger partial charge in [0.2, 0.25) is 5.91 Å². The number of nitriles is 1. The number of carbonyl (C=O) groups is 1. The second kappa shape index (κ2) is 40.4. The Morgan fingerprint density at radius 1 is 0.526 bits per heavy atom. The first-order valence-corrected chi connectivity index (χ1v) is 31.9. The summed E-state index contributed by atoms with van der Waals surface area (Å²) in [5.41, 5.74) is 5.30. The number of azo groups is 1. The van der Waals surface area contributed by atoms with Crippen LogP contribution in [0.3, 0.4) is 0 Å². The second-order valence-corrected chi connectivity index (χ2v) is 22.6. The summed E-state index contributed by atoms with van der Waals surface area (Å²) < 4.78 is 20.9. The fourth-order valence-electron chi connectivity index (χ4n) is 10.3. The van der Waals surface area contributed by atoms with Crippen molar-refractivity contribution in [1.29, 1.82) is 5.26 Å². The Labute approximate surface area is 477 Å². The molecule has 1 amide bonds. The van der Waals surface area contributed by atoms with Crippen LogP contribution in [0.15, 0.2) is 58.8 Å². The maximum atomic E-state index is 14.6. The third-order valence-corrected chi connectivity index (χ3v) is 16.4. The lowest BCUT2D eigenvalue weighted by molar-refractivity contribution is -0.120. The number of nitrogens with one attached hydrogen (secondary N) is 1. The number of hydrogen-bond donors (Lipinski definition) is 1. The topological polar surface area (TPSA) is 109 Å². The molecule has 0 spiro atoms. The Morgan fingerprint density at radius 2 is 0.962 bits per heavy atom. The number of benzene rings is 3. The number of anilines is 2. The molecule has 0 aromatic heterocycles. The SMILES string of the molecule is CCCCC(CC)COc1cc(/N=N/c2cc(OCC(CC)CCCC)c(N(CC(CC)CCCC)CC(CC)CCCC)cc2NC(=O)C(CC)CCCC)c(OCC(CC)CCCC)cc1/C=C/c1ccc(C#N)cc1. The van der Waals surface area contributed by atoms with Crippen molar-refractivity contribution in [2.75, 3.05) is 43.1 Å². The zero-order valence-corrected chi connectivity index (χ0v) is 51.7. The summed E-state index contributed by atoms with van der Waals surface area (Å²) >= 11 is 0. The zero-order valence-electron chi connectivity index (χ0n) is 51.7. The molecule has 0 aliphatic carbocycles. The van der Waals surface area contributed by atoms with Crippen molar-refractivity contribution in [2.24, 2.45) is 45.7 Å². The van der Waals surface area contributed by atoms with Gasteiger partial charge in [-0.1, -0.05) is 217 Å². The van der Waals surface area contributed by atoms with Gasteiger partial charge < -0.3 is 24.4 Å². The van der Waals surface area contributed by atoms with Gasteiger partial charge in [0.25, 0.3) is 0 Å². The molecule has 0 bridgehead atoms. The number of nitrogens with zero attached hydrogens (tertiary/aromatic N) is 4. The van der Waals surface area contributed by atoms with Gasteiger partial charge in [-0.05, 0) is 104 Å². The number of carbonyl (C=O) groups excluding carboxylic acids is 1. The molecule has 6 atom stereocenters. The molecule has 0 aliphatic heterocycles. The van der Waals surface area contributed by atoms with E-state index in [-0.39, 0.29) is 11.8 Å². The van der Waals surface area contributed by atoms with Crippen LogP contribution in [0.5, 0.6) is 17.2 Å². The van der Waals surface area contributed by atoms with Crippen LogP contribution in [0.4, 0.5) is 22.7 Å². The Hall–Kier alpha value is -4.84. The molecule has 436 valence electrons. The number of amides is 1. The van der Waals surface area contributed by atoms with E-state index in [9.17, 15) is 10.1 Å². The number of ether oxygens (including phenoxy) is 3. The molecule has 78 heavy (non-hydrogen) atoms. The molecule has 0 saturated heterocycles. The fraction of sp³-hybridized carbons (Fsp3) is 0.681. The van der Waals surface area contributed by atoms with Crippen LogP contribution >= 0.6 is 0 Å². The minimum Gasteiger partial charge on any atom is -0.493 e. The van der Waals surface area contributed by atoms with Crippen molar-refractivity contribution in [3.05, 3.63) is 65.2 Å². The minimum absolute atomic E-state index is 0.0206. The lowest BCUT2D eigenvalue weighted by atomic mass is 9.95. The smallest absolute Gasteiger partial charge is 0.227 e. The molecule has 9 nitrogen and oxygen atoms in total. The highest BCUT2D eigenvalue weighted by molar-refractivity contribution is 5.96. The van der Waals surface area contributed by atoms with Crippen molar-refractivity contribution in [1.82, 2.24) is 0 Å². The fourth-order valence-corrected chi connectivity index (χ4v) is 10.3. The van der Waals surface area contributed by atoms with Crippen LogP contribution in [0, 0.1) is 46.8 Å². The summed E-state index contributed by atoms with van der Waals surface area (Å²) in [5, 5.41) is 23.3. The molecular weight excluding hydrogens is 963 g/mol. The van der Waals surface area contributed by atoms with E-state index in [1.54, 1.807) is 0 Å². The average molecular weight is 1070 g/mol. The monoisotopic (exact) mass is 1070 g/mol. The van der Waals surface area contributed by atoms with Crippen LogP contribution in [0.2, 0.25) is 0 Å². The summed E-state index contributed by atoms with van der Waals surface area (Å²) in [6.45, 7) is 30.7. The van der Waals surface area contributed by atoms with Crippen LogP contribution < -0.4 is 24.4 Å². The van der Waals surface area contributed by atoms with E-state index in [4.69, 9.17) is 24.4 Å². The Morgan fingerprint density at radius 3 is 1.42 bits per heavy atom. The third kappa shape index (κ3) is 24.3. The van der Waals surface area contributed by atoms with E-state index < -0.39 is 0 Å². The van der Waals surface area contributed by atoms with Gasteiger partial charge in [0.15, 0.2) is 0 Å². The van der Waals surface area contributed by atoms with E-state index in [0.717, 1.165) is 145 Å². The van der Waals surface area contributed by atoms with Crippen molar-refractivity contribution in [3.63, 3.8) is 0 Å². The molecule has 1 N–H and O–H groups in total. The maximum Gasteiger partial charge on any atom is 0.227 e. The van der Waals surface area contributed by atoms with Crippen molar-refractivity contribution < 1.29 is 19.0 Å². The molecule has 3 rings (SSSR count). The van der Waals surface area contributed by atoms with Crippen LogP contribution in [-0.2, 0) is 4.79 Å². The quantitative estimate of drug-likeness (QED) is 0.0446. The van der Waals surface area contributed by atoms with Crippen LogP contribution in [0.25, 0.3) is 12.2 Å². The highest BCUT2D eigenvalue weighted by atomic mass is 16.5. The minimum atomic E-state index is -0.126. The van der Waals surface area contributed by atoms with Gasteiger partial charge in [0.1, 0.15) is 28.6 Å². The van der Waals surface area contributed by atoms with E-state index in [0.29, 0.717) is 83.5 Å². The Balaban J connectivity index is 2.49. The predicted molar refractivity (Wildman–Crippen MR) is 334 cm³/mol. The first-order valence-electron chi connectivity index (χ1n) is 31.9. The van der Waals surface area contributed by atoms with Crippen molar-refractivity contribution >= 4 is 40.8 Å². The molecule has 6 unspecified atom stereocenters. The largest absolute Gasteiger partial charge is 0.493 e. The lowest BCUT2D eigenvalue weighted by Crippen LogP contribution is -2.34. The van der Waals surface area contributed by atoms with Gasteiger partial charge in [-0.2, -0.15) is 5.26 Å². The summed E-state index contributed by atoms with van der Waals surface area (Å²) in [4.78, 5) is 17.2. The summed E-state index contributed by atoms with van der Waals surface area (Å²) in [6, 6.07) is 18.2. The molecule has 0 saturated carbocycles. The maximum absolute atomic E-state index is 14.6. The molecule has 0 aliphatic rings. The zero-order chi connectivity index (χ0) is 56.9. The number of hydrogen-bond acceptors (Lipinski definition) is 8. The average Bonchev–Trinajstić information content (AvgIpc) is 3.47. The first kappa shape index (κ1) is 67.4. The second-order valence-electron chi connectivity index (χ2n) is 22.6. The molecule has 0 fully saturated rings. The van der Waals surface area contributed by atoms with Crippen LogP contribution in [0.1, 0.15) is 254 Å². The summed E-state index contributed by atoms with van der Waals surface area (Å²) in [6.07, 6.45) is 30.4. The van der Waals surface area contributed by atoms with E-state index >= 15 is 0 Å². The first-order chi connectivity index (χ1) is 38.0. The lowest BCUT2D eigenvalue weighted by Gasteiger charge is -2.34. The van der Waals surface area contributed by atoms with Gasteiger partial charge in [-0.3, -0.25) is 4.79 Å². The molecular formula is C69H111N5O4. The van der Waals surface area contributed by atoms with Crippen molar-refractivity contribution in [2.45, 2.75) is 237 Å². The Bertz CT molecular complexity index is 2160. The third-order valence-electron chi connectivity index (χ3n) is 16.4. The van der Waals surface area contributed by atoms with Gasteiger partial charge in [-0.25, -0.2) is 0 Å². The molecule has 3 aromatic carbocycles. The molecule has 3 aromatic rings. The van der Waals surface area contributed by atoms with Gasteiger partial charge in [0, 0.05) is 36.7 Å². The van der Waals surface area contributed by atoms with Gasteiger partial charge >= 0.3 is 0 Å². The van der Waals surface area contributed by atoms with Gasteiger partial charge in [0.05, 0.1) is 42.8 Å². The van der Waals surface area contributed by atoms with E-state index in [2.05, 4.69) is 130 Å². The summed E-state index contributed by atoms with van der Waals surface area (Å²) in [5.74, 6) is 4.29. The van der Waals surface area contributed by atoms with E-state index in [1.807, 2.05) is 30.3 Å². The molecule has 9 heteroatoms. The van der Waals surface area contributed by atoms with Gasteiger partial charge in [-0.15, -0.1) is 10.2 Å². The number of rotatable bonds is 44. The van der Waals surface area contributed by atoms with E-state index in [1.165, 1.54) is 44.9 Å². The molecule has 0 heterocycles. The Kier molecular flexibility index (Phi) is 34.9.